The van der Waals surface area contributed by atoms with Crippen LogP contribution >= 0.6 is 11.3 Å². The Morgan fingerprint density at radius 2 is 2.33 bits per heavy atom. The largest absolute Gasteiger partial charge is 0.493 e. The van der Waals surface area contributed by atoms with E-state index in [1.165, 1.54) is 4.88 Å². The molecule has 2 aromatic rings. The van der Waals surface area contributed by atoms with Gasteiger partial charge in [0.15, 0.2) is 5.13 Å². The minimum Gasteiger partial charge on any atom is -0.493 e. The molecule has 0 saturated carbocycles. The Morgan fingerprint density at radius 1 is 1.48 bits per heavy atom. The minimum absolute atomic E-state index is 0.274. The molecule has 5 nitrogen and oxygen atoms in total. The number of nitrogen functional groups attached to an aromatic ring is 1. The molecule has 1 aliphatic rings. The van der Waals surface area contributed by atoms with E-state index in [0.29, 0.717) is 28.7 Å². The average Bonchev–Trinajstić information content (AvgIpc) is 3.00. The van der Waals surface area contributed by atoms with Gasteiger partial charge in [-0.05, 0) is 38.3 Å². The number of nitrogens with one attached hydrogen (secondary N) is 1. The molecule has 0 saturated heterocycles. The number of carbonyl (C=O) groups excluding carboxylic acids is 1. The van der Waals surface area contributed by atoms with Crippen molar-refractivity contribution in [2.45, 2.75) is 26.2 Å². The van der Waals surface area contributed by atoms with Crippen molar-refractivity contribution in [1.29, 1.82) is 0 Å². The van der Waals surface area contributed by atoms with Gasteiger partial charge in [-0.25, -0.2) is 4.98 Å². The Kier molecular flexibility index (Phi) is 3.79. The summed E-state index contributed by atoms with van der Waals surface area (Å²) < 4.78 is 5.48. The quantitative estimate of drug-likeness (QED) is 0.851. The highest BCUT2D eigenvalue weighted by molar-refractivity contribution is 7.16. The van der Waals surface area contributed by atoms with E-state index in [9.17, 15) is 4.79 Å². The van der Waals surface area contributed by atoms with Gasteiger partial charge in [0.05, 0.1) is 12.3 Å². The lowest BCUT2D eigenvalue weighted by Gasteiger charge is -2.11. The van der Waals surface area contributed by atoms with Crippen molar-refractivity contribution in [2.24, 2.45) is 0 Å². The van der Waals surface area contributed by atoms with Crippen molar-refractivity contribution in [3.63, 3.8) is 0 Å². The molecule has 0 atom stereocenters. The van der Waals surface area contributed by atoms with Gasteiger partial charge in [0.1, 0.15) is 11.3 Å². The fourth-order valence-corrected chi connectivity index (χ4v) is 3.52. The molecule has 1 aromatic heterocycles. The number of carbonyl (C=O) groups is 1. The number of nitrogens with zero attached hydrogens (tertiary/aromatic N) is 1. The molecule has 110 valence electrons. The van der Waals surface area contributed by atoms with E-state index in [-0.39, 0.29) is 5.91 Å². The van der Waals surface area contributed by atoms with Gasteiger partial charge < -0.3 is 10.5 Å². The predicted octanol–water partition coefficient (Wildman–Crippen LogP) is 2.87. The summed E-state index contributed by atoms with van der Waals surface area (Å²) in [6.45, 7) is 2.35. The highest BCUT2D eigenvalue weighted by atomic mass is 32.1. The lowest BCUT2D eigenvalue weighted by Crippen LogP contribution is -2.15. The fourth-order valence-electron chi connectivity index (χ4n) is 2.47. The number of nitrogens with two attached hydrogens (primary N) is 1. The molecule has 3 N–H and O–H groups in total. The summed E-state index contributed by atoms with van der Waals surface area (Å²) in [4.78, 5) is 18.2. The first-order chi connectivity index (χ1) is 10.2. The third-order valence-corrected chi connectivity index (χ3v) is 4.47. The number of ether oxygens (including phenoxy) is 1. The third kappa shape index (κ3) is 2.71. The van der Waals surface area contributed by atoms with Crippen LogP contribution in [-0.4, -0.2) is 17.5 Å². The summed E-state index contributed by atoms with van der Waals surface area (Å²) in [6.07, 6.45) is 3.21. The van der Waals surface area contributed by atoms with Crippen molar-refractivity contribution >= 4 is 28.1 Å². The Labute approximate surface area is 127 Å². The standard InChI is InChI=1S/C15H17N3O2S/c1-2-20-11-7-3-5-9(16)13(11)14(19)18-15-17-10-6-4-8-12(10)21-15/h3,5,7H,2,4,6,8,16H2,1H3,(H,17,18,19). The zero-order valence-electron chi connectivity index (χ0n) is 11.8. The molecule has 1 aromatic carbocycles. The first-order valence-corrected chi connectivity index (χ1v) is 7.82. The maximum absolute atomic E-state index is 12.5. The van der Waals surface area contributed by atoms with E-state index < -0.39 is 0 Å². The monoisotopic (exact) mass is 303 g/mol. The van der Waals surface area contributed by atoms with Crippen LogP contribution in [0.15, 0.2) is 18.2 Å². The summed E-state index contributed by atoms with van der Waals surface area (Å²) in [6, 6.07) is 5.21. The Bertz CT molecular complexity index is 660. The Morgan fingerprint density at radius 3 is 3.10 bits per heavy atom. The number of thiazole rings is 1. The fraction of sp³-hybridized carbons (Fsp3) is 0.333. The van der Waals surface area contributed by atoms with Crippen molar-refractivity contribution in [2.75, 3.05) is 17.7 Å². The SMILES string of the molecule is CCOc1cccc(N)c1C(=O)Nc1nc2c(s1)CCC2. The Hall–Kier alpha value is -2.08. The highest BCUT2D eigenvalue weighted by Crippen LogP contribution is 2.32. The summed E-state index contributed by atoms with van der Waals surface area (Å²) in [5, 5.41) is 3.47. The molecule has 1 heterocycles. The number of hydrogen-bond donors (Lipinski definition) is 2. The smallest absolute Gasteiger partial charge is 0.263 e. The van der Waals surface area contributed by atoms with Crippen LogP contribution in [0.4, 0.5) is 10.8 Å². The third-order valence-electron chi connectivity index (χ3n) is 3.40. The number of benzene rings is 1. The molecular weight excluding hydrogens is 286 g/mol. The molecule has 1 amide bonds. The molecule has 6 heteroatoms. The van der Waals surface area contributed by atoms with Crippen LogP contribution in [0.3, 0.4) is 0 Å². The maximum Gasteiger partial charge on any atom is 0.263 e. The van der Waals surface area contributed by atoms with Crippen molar-refractivity contribution in [1.82, 2.24) is 4.98 Å². The molecule has 0 unspecified atom stereocenters. The van der Waals surface area contributed by atoms with Crippen LogP contribution in [0.5, 0.6) is 5.75 Å². The van der Waals surface area contributed by atoms with Crippen molar-refractivity contribution in [3.05, 3.63) is 34.3 Å². The first kappa shape index (κ1) is 13.9. The summed E-state index contributed by atoms with van der Waals surface area (Å²) in [5.74, 6) is 0.225. The maximum atomic E-state index is 12.5. The molecule has 3 rings (SSSR count). The van der Waals surface area contributed by atoms with Crippen LogP contribution in [-0.2, 0) is 12.8 Å². The topological polar surface area (TPSA) is 77.2 Å². The molecule has 0 radical (unpaired) electrons. The van der Waals surface area contributed by atoms with Gasteiger partial charge in [0.2, 0.25) is 0 Å². The zero-order valence-corrected chi connectivity index (χ0v) is 12.6. The van der Waals surface area contributed by atoms with Gasteiger partial charge in [-0.2, -0.15) is 0 Å². The second kappa shape index (κ2) is 5.73. The normalized spacial score (nSPS) is 13.0. The van der Waals surface area contributed by atoms with E-state index in [4.69, 9.17) is 10.5 Å². The lowest BCUT2D eigenvalue weighted by atomic mass is 10.1. The molecule has 0 spiro atoms. The van der Waals surface area contributed by atoms with E-state index >= 15 is 0 Å². The minimum atomic E-state index is -0.274. The first-order valence-electron chi connectivity index (χ1n) is 7.00. The Balaban J connectivity index is 1.84. The molecule has 0 aliphatic heterocycles. The van der Waals surface area contributed by atoms with Crippen molar-refractivity contribution in [3.8, 4) is 5.75 Å². The molecule has 0 bridgehead atoms. The predicted molar refractivity (Wildman–Crippen MR) is 84.1 cm³/mol. The van der Waals surface area contributed by atoms with Crippen molar-refractivity contribution < 1.29 is 9.53 Å². The summed E-state index contributed by atoms with van der Waals surface area (Å²) >= 11 is 1.55. The number of aryl methyl sites for hydroxylation is 2. The second-order valence-corrected chi connectivity index (χ2v) is 5.93. The van der Waals surface area contributed by atoms with Crippen LogP contribution in [0.1, 0.15) is 34.3 Å². The van der Waals surface area contributed by atoms with Crippen LogP contribution in [0, 0.1) is 0 Å². The summed E-state index contributed by atoms with van der Waals surface area (Å²) in [7, 11) is 0. The van der Waals surface area contributed by atoms with E-state index in [0.717, 1.165) is 25.0 Å². The number of aromatic nitrogens is 1. The molecule has 1 aliphatic carbocycles. The number of rotatable bonds is 4. The number of anilines is 2. The van der Waals surface area contributed by atoms with E-state index in [1.807, 2.05) is 6.92 Å². The average molecular weight is 303 g/mol. The molecule has 0 fully saturated rings. The lowest BCUT2D eigenvalue weighted by molar-refractivity contribution is 0.102. The second-order valence-electron chi connectivity index (χ2n) is 4.85. The van der Waals surface area contributed by atoms with Crippen LogP contribution in [0.25, 0.3) is 0 Å². The van der Waals surface area contributed by atoms with Crippen LogP contribution < -0.4 is 15.8 Å². The number of fused-ring (bicyclic) bond motifs is 1. The number of amides is 1. The molecule has 21 heavy (non-hydrogen) atoms. The van der Waals surface area contributed by atoms with Gasteiger partial charge in [-0.3, -0.25) is 10.1 Å². The van der Waals surface area contributed by atoms with Gasteiger partial charge in [-0.15, -0.1) is 11.3 Å². The van der Waals surface area contributed by atoms with Crippen LogP contribution in [0.2, 0.25) is 0 Å². The highest BCUT2D eigenvalue weighted by Gasteiger charge is 2.21. The van der Waals surface area contributed by atoms with Gasteiger partial charge in [0, 0.05) is 10.6 Å². The number of hydrogen-bond acceptors (Lipinski definition) is 5. The van der Waals surface area contributed by atoms with E-state index in [2.05, 4.69) is 10.3 Å². The zero-order chi connectivity index (χ0) is 14.8. The van der Waals surface area contributed by atoms with Gasteiger partial charge in [0.25, 0.3) is 5.91 Å². The van der Waals surface area contributed by atoms with E-state index in [1.54, 1.807) is 29.5 Å². The molecular formula is C15H17N3O2S. The van der Waals surface area contributed by atoms with Gasteiger partial charge in [-0.1, -0.05) is 6.07 Å². The summed E-state index contributed by atoms with van der Waals surface area (Å²) in [5.41, 5.74) is 7.81. The van der Waals surface area contributed by atoms with Gasteiger partial charge >= 0.3 is 0 Å².